The van der Waals surface area contributed by atoms with E-state index in [0.717, 1.165) is 49.7 Å². The van der Waals surface area contributed by atoms with Crippen LogP contribution in [0.1, 0.15) is 19.8 Å². The average Bonchev–Trinajstić information content (AvgIpc) is 3.29. The number of benzene rings is 2. The molecule has 1 atom stereocenters. The molecule has 1 aliphatic heterocycles. The molecule has 2 aromatic carbocycles. The van der Waals surface area contributed by atoms with Crippen LogP contribution < -0.4 is 20.7 Å². The molecule has 1 fully saturated rings. The predicted octanol–water partition coefficient (Wildman–Crippen LogP) is 5.17. The van der Waals surface area contributed by atoms with E-state index in [4.69, 9.17) is 4.74 Å². The van der Waals surface area contributed by atoms with Gasteiger partial charge in [-0.05, 0) is 61.9 Å². The lowest BCUT2D eigenvalue weighted by atomic mass is 10.2. The Morgan fingerprint density at radius 3 is 2.80 bits per heavy atom. The molecule has 0 saturated carbocycles. The Kier molecular flexibility index (Phi) is 7.89. The summed E-state index contributed by atoms with van der Waals surface area (Å²) in [6, 6.07) is 14.8. The number of carbonyl (C=O) groups is 1. The van der Waals surface area contributed by atoms with Gasteiger partial charge in [0.25, 0.3) is 5.88 Å². The van der Waals surface area contributed by atoms with E-state index in [-0.39, 0.29) is 17.7 Å². The summed E-state index contributed by atoms with van der Waals surface area (Å²) in [5, 5.41) is 9.28. The standard InChI is InChI=1S/C26H29FN6O2/c1-3-13-33-14-12-21(17-33)29-18-8-10-19(11-9-18)31-26-28-16-23(27)25(32-26)35-22-7-5-6-20(15-22)30-24(34)4-2/h4-11,15-16,21,29H,2-3,12-14,17H2,1H3,(H,30,34)(H,28,31,32). The summed E-state index contributed by atoms with van der Waals surface area (Å²) in [4.78, 5) is 22.1. The maximum Gasteiger partial charge on any atom is 0.260 e. The zero-order chi connectivity index (χ0) is 24.6. The van der Waals surface area contributed by atoms with E-state index in [0.29, 0.717) is 17.5 Å². The van der Waals surface area contributed by atoms with Crippen LogP contribution in [0.5, 0.6) is 11.6 Å². The van der Waals surface area contributed by atoms with Crippen molar-refractivity contribution in [3.05, 3.63) is 73.2 Å². The van der Waals surface area contributed by atoms with Crippen molar-refractivity contribution in [2.45, 2.75) is 25.8 Å². The molecule has 1 aliphatic rings. The fourth-order valence-electron chi connectivity index (χ4n) is 3.91. The SMILES string of the molecule is C=CC(=O)Nc1cccc(Oc2nc(Nc3ccc(NC4CCN(CCC)C4)cc3)ncc2F)c1. The van der Waals surface area contributed by atoms with E-state index in [1.807, 2.05) is 24.3 Å². The van der Waals surface area contributed by atoms with Crippen molar-refractivity contribution >= 4 is 28.9 Å². The molecule has 4 rings (SSSR count). The normalized spacial score (nSPS) is 15.4. The van der Waals surface area contributed by atoms with Crippen molar-refractivity contribution in [3.63, 3.8) is 0 Å². The average molecular weight is 477 g/mol. The van der Waals surface area contributed by atoms with Gasteiger partial charge in [0.15, 0.2) is 0 Å². The second kappa shape index (κ2) is 11.4. The van der Waals surface area contributed by atoms with Crippen LogP contribution in [-0.4, -0.2) is 46.5 Å². The Hall–Kier alpha value is -3.98. The predicted molar refractivity (Wildman–Crippen MR) is 136 cm³/mol. The zero-order valence-electron chi connectivity index (χ0n) is 19.6. The molecule has 1 saturated heterocycles. The largest absolute Gasteiger partial charge is 0.436 e. The topological polar surface area (TPSA) is 91.4 Å². The van der Waals surface area contributed by atoms with Crippen LogP contribution in [0.25, 0.3) is 0 Å². The van der Waals surface area contributed by atoms with Crippen LogP contribution in [0.4, 0.5) is 27.4 Å². The molecular weight excluding hydrogens is 447 g/mol. The highest BCUT2D eigenvalue weighted by atomic mass is 19.1. The highest BCUT2D eigenvalue weighted by molar-refractivity contribution is 5.98. The van der Waals surface area contributed by atoms with Crippen LogP contribution in [0.15, 0.2) is 67.4 Å². The van der Waals surface area contributed by atoms with Gasteiger partial charge >= 0.3 is 0 Å². The second-order valence-corrected chi connectivity index (χ2v) is 8.30. The van der Waals surface area contributed by atoms with Crippen LogP contribution in [-0.2, 0) is 4.79 Å². The minimum absolute atomic E-state index is 0.198. The van der Waals surface area contributed by atoms with Gasteiger partial charge in [-0.2, -0.15) is 9.37 Å². The van der Waals surface area contributed by atoms with Gasteiger partial charge in [-0.1, -0.05) is 19.6 Å². The monoisotopic (exact) mass is 476 g/mol. The molecule has 0 spiro atoms. The number of nitrogens with one attached hydrogen (secondary N) is 3. The molecule has 8 nitrogen and oxygen atoms in total. The Labute approximate surface area is 204 Å². The van der Waals surface area contributed by atoms with Crippen LogP contribution in [0.3, 0.4) is 0 Å². The molecule has 1 amide bonds. The zero-order valence-corrected chi connectivity index (χ0v) is 19.6. The van der Waals surface area contributed by atoms with Gasteiger partial charge in [0.2, 0.25) is 17.7 Å². The number of anilines is 4. The van der Waals surface area contributed by atoms with Crippen molar-refractivity contribution in [3.8, 4) is 11.6 Å². The molecule has 1 aromatic heterocycles. The Balaban J connectivity index is 1.38. The van der Waals surface area contributed by atoms with E-state index in [9.17, 15) is 9.18 Å². The summed E-state index contributed by atoms with van der Waals surface area (Å²) in [5.74, 6) is -0.778. The molecule has 9 heteroatoms. The van der Waals surface area contributed by atoms with Gasteiger partial charge in [0, 0.05) is 42.3 Å². The lowest BCUT2D eigenvalue weighted by Crippen LogP contribution is -2.26. The molecular formula is C26H29FN6O2. The minimum Gasteiger partial charge on any atom is -0.436 e. The molecule has 0 radical (unpaired) electrons. The molecule has 182 valence electrons. The summed E-state index contributed by atoms with van der Waals surface area (Å²) in [5.41, 5.74) is 2.30. The van der Waals surface area contributed by atoms with Crippen molar-refractivity contribution < 1.29 is 13.9 Å². The van der Waals surface area contributed by atoms with Crippen molar-refractivity contribution in [2.24, 2.45) is 0 Å². The van der Waals surface area contributed by atoms with Crippen LogP contribution in [0.2, 0.25) is 0 Å². The molecule has 0 aliphatic carbocycles. The van der Waals surface area contributed by atoms with Gasteiger partial charge in [-0.3, -0.25) is 4.79 Å². The number of hydrogen-bond donors (Lipinski definition) is 3. The molecule has 1 unspecified atom stereocenters. The first-order valence-electron chi connectivity index (χ1n) is 11.6. The fourth-order valence-corrected chi connectivity index (χ4v) is 3.91. The first-order valence-corrected chi connectivity index (χ1v) is 11.6. The summed E-state index contributed by atoms with van der Waals surface area (Å²) >= 11 is 0. The summed E-state index contributed by atoms with van der Waals surface area (Å²) in [6.45, 7) is 8.95. The van der Waals surface area contributed by atoms with Crippen LogP contribution >= 0.6 is 0 Å². The molecule has 0 bridgehead atoms. The summed E-state index contributed by atoms with van der Waals surface area (Å²) < 4.78 is 19.9. The second-order valence-electron chi connectivity index (χ2n) is 8.30. The molecule has 3 N–H and O–H groups in total. The van der Waals surface area contributed by atoms with E-state index >= 15 is 0 Å². The summed E-state index contributed by atoms with van der Waals surface area (Å²) in [6.07, 6.45) is 4.52. The lowest BCUT2D eigenvalue weighted by molar-refractivity contribution is -0.111. The van der Waals surface area contributed by atoms with Gasteiger partial charge in [0.05, 0.1) is 6.20 Å². The van der Waals surface area contributed by atoms with E-state index in [2.05, 4.69) is 44.3 Å². The fraction of sp³-hybridized carbons (Fsp3) is 0.269. The Bertz CT molecular complexity index is 1170. The number of ether oxygens (including phenoxy) is 1. The van der Waals surface area contributed by atoms with E-state index in [1.165, 1.54) is 6.42 Å². The first-order chi connectivity index (χ1) is 17.0. The van der Waals surface area contributed by atoms with Crippen molar-refractivity contribution in [1.29, 1.82) is 0 Å². The summed E-state index contributed by atoms with van der Waals surface area (Å²) in [7, 11) is 0. The number of aromatic nitrogens is 2. The first kappa shape index (κ1) is 24.2. The van der Waals surface area contributed by atoms with E-state index < -0.39 is 5.82 Å². The minimum atomic E-state index is -0.704. The highest BCUT2D eigenvalue weighted by Gasteiger charge is 2.21. The highest BCUT2D eigenvalue weighted by Crippen LogP contribution is 2.26. The third-order valence-corrected chi connectivity index (χ3v) is 5.54. The lowest BCUT2D eigenvalue weighted by Gasteiger charge is -2.17. The number of amides is 1. The smallest absolute Gasteiger partial charge is 0.260 e. The number of hydrogen-bond acceptors (Lipinski definition) is 7. The van der Waals surface area contributed by atoms with Crippen LogP contribution in [0, 0.1) is 5.82 Å². The van der Waals surface area contributed by atoms with Crippen molar-refractivity contribution in [2.75, 3.05) is 35.6 Å². The van der Waals surface area contributed by atoms with E-state index in [1.54, 1.807) is 24.3 Å². The van der Waals surface area contributed by atoms with Gasteiger partial charge < -0.3 is 25.6 Å². The number of likely N-dealkylation sites (tertiary alicyclic amines) is 1. The Morgan fingerprint density at radius 2 is 2.03 bits per heavy atom. The van der Waals surface area contributed by atoms with Gasteiger partial charge in [-0.25, -0.2) is 4.98 Å². The quantitative estimate of drug-likeness (QED) is 0.348. The third-order valence-electron chi connectivity index (χ3n) is 5.54. The third kappa shape index (κ3) is 6.77. The maximum absolute atomic E-state index is 14.3. The van der Waals surface area contributed by atoms with Gasteiger partial charge in [-0.15, -0.1) is 0 Å². The number of rotatable bonds is 10. The maximum atomic E-state index is 14.3. The molecule has 3 aromatic rings. The number of carbonyl (C=O) groups excluding carboxylic acids is 1. The van der Waals surface area contributed by atoms with Gasteiger partial charge in [0.1, 0.15) is 5.75 Å². The Morgan fingerprint density at radius 1 is 1.23 bits per heavy atom. The molecule has 2 heterocycles. The van der Waals surface area contributed by atoms with Crippen molar-refractivity contribution in [1.82, 2.24) is 14.9 Å². The number of nitrogens with zero attached hydrogens (tertiary/aromatic N) is 3. The molecule has 35 heavy (non-hydrogen) atoms. The number of halogens is 1.